The van der Waals surface area contributed by atoms with Gasteiger partial charge in [0.25, 0.3) is 0 Å². The summed E-state index contributed by atoms with van der Waals surface area (Å²) >= 11 is 0. The van der Waals surface area contributed by atoms with E-state index in [1.807, 2.05) is 6.92 Å². The molecule has 1 aliphatic carbocycles. The summed E-state index contributed by atoms with van der Waals surface area (Å²) in [6, 6.07) is -0.388. The molecule has 3 unspecified atom stereocenters. The van der Waals surface area contributed by atoms with Crippen LogP contribution in [0.5, 0.6) is 0 Å². The van der Waals surface area contributed by atoms with E-state index in [1.165, 1.54) is 5.57 Å². The Kier molecular flexibility index (Phi) is 4.33. The Morgan fingerprint density at radius 2 is 2.40 bits per heavy atom. The predicted molar refractivity (Wildman–Crippen MR) is 60.7 cm³/mol. The first-order valence-electron chi connectivity index (χ1n) is 5.68. The van der Waals surface area contributed by atoms with E-state index >= 15 is 0 Å². The number of aliphatic carboxylic acids is 1. The van der Waals surface area contributed by atoms with Crippen molar-refractivity contribution >= 4 is 5.97 Å². The highest BCUT2D eigenvalue weighted by Crippen LogP contribution is 2.30. The number of hydrogen-bond acceptors (Lipinski definition) is 2. The molecule has 0 aromatic heterocycles. The highest BCUT2D eigenvalue weighted by Gasteiger charge is 2.30. The van der Waals surface area contributed by atoms with Gasteiger partial charge in [-0.15, -0.1) is 0 Å². The van der Waals surface area contributed by atoms with Crippen LogP contribution in [0.15, 0.2) is 11.6 Å². The maximum absolute atomic E-state index is 11.1. The third-order valence-electron chi connectivity index (χ3n) is 2.99. The fourth-order valence-corrected chi connectivity index (χ4v) is 2.53. The molecule has 86 valence electrons. The van der Waals surface area contributed by atoms with Crippen molar-refractivity contribution in [2.24, 2.45) is 11.8 Å². The third kappa shape index (κ3) is 3.34. The maximum Gasteiger partial charge on any atom is 0.320 e. The third-order valence-corrected chi connectivity index (χ3v) is 2.99. The van der Waals surface area contributed by atoms with E-state index in [2.05, 4.69) is 25.2 Å². The summed E-state index contributed by atoms with van der Waals surface area (Å²) in [6.45, 7) is 6.91. The molecule has 0 aromatic carbocycles. The number of likely N-dealkylation sites (N-methyl/N-ethyl adjacent to an activating group) is 1. The zero-order valence-corrected chi connectivity index (χ0v) is 9.79. The Hall–Kier alpha value is -0.830. The molecule has 0 saturated carbocycles. The van der Waals surface area contributed by atoms with Gasteiger partial charge < -0.3 is 10.4 Å². The van der Waals surface area contributed by atoms with Gasteiger partial charge in [-0.3, -0.25) is 4.79 Å². The number of rotatable bonds is 4. The summed E-state index contributed by atoms with van der Waals surface area (Å²) < 4.78 is 0. The van der Waals surface area contributed by atoms with Crippen LogP contribution in [0.2, 0.25) is 0 Å². The number of allylic oxidation sites excluding steroid dienone is 2. The lowest BCUT2D eigenvalue weighted by molar-refractivity contribution is -0.141. The van der Waals surface area contributed by atoms with Crippen molar-refractivity contribution in [3.63, 3.8) is 0 Å². The lowest BCUT2D eigenvalue weighted by Crippen LogP contribution is -2.44. The maximum atomic E-state index is 11.1. The zero-order valence-electron chi connectivity index (χ0n) is 9.79. The molecule has 2 N–H and O–H groups in total. The minimum absolute atomic E-state index is 0.238. The summed E-state index contributed by atoms with van der Waals surface area (Å²) in [5, 5.41) is 12.2. The van der Waals surface area contributed by atoms with Crippen LogP contribution >= 0.6 is 0 Å². The Balaban J connectivity index is 2.69. The Morgan fingerprint density at radius 1 is 1.73 bits per heavy atom. The smallest absolute Gasteiger partial charge is 0.320 e. The molecular formula is C12H21NO2. The molecule has 3 atom stereocenters. The molecule has 1 aliphatic rings. The van der Waals surface area contributed by atoms with Crippen LogP contribution in [0.4, 0.5) is 0 Å². The Morgan fingerprint density at radius 3 is 2.87 bits per heavy atom. The first-order valence-corrected chi connectivity index (χ1v) is 5.68. The molecule has 0 amide bonds. The molecule has 0 spiro atoms. The van der Waals surface area contributed by atoms with Crippen molar-refractivity contribution in [1.29, 1.82) is 0 Å². The SMILES string of the molecule is CCNC(C(=O)O)C1CC(C)=CC(C)C1. The number of carboxylic acids is 1. The first-order chi connectivity index (χ1) is 7.04. The average Bonchev–Trinajstić information content (AvgIpc) is 2.11. The van der Waals surface area contributed by atoms with Crippen molar-refractivity contribution in [3.8, 4) is 0 Å². The molecule has 3 heteroatoms. The second-order valence-electron chi connectivity index (χ2n) is 4.56. The molecule has 0 saturated heterocycles. The summed E-state index contributed by atoms with van der Waals surface area (Å²) in [7, 11) is 0. The first kappa shape index (κ1) is 12.2. The second kappa shape index (κ2) is 5.31. The summed E-state index contributed by atoms with van der Waals surface area (Å²) in [6.07, 6.45) is 4.14. The lowest BCUT2D eigenvalue weighted by atomic mass is 9.79. The van der Waals surface area contributed by atoms with Crippen LogP contribution in [0.3, 0.4) is 0 Å². The summed E-state index contributed by atoms with van der Waals surface area (Å²) in [5.41, 5.74) is 1.32. The molecule has 15 heavy (non-hydrogen) atoms. The average molecular weight is 211 g/mol. The van der Waals surface area contributed by atoms with Gasteiger partial charge in [-0.05, 0) is 38.1 Å². The van der Waals surface area contributed by atoms with Gasteiger partial charge in [0.15, 0.2) is 0 Å². The highest BCUT2D eigenvalue weighted by atomic mass is 16.4. The molecule has 1 rings (SSSR count). The second-order valence-corrected chi connectivity index (χ2v) is 4.56. The minimum Gasteiger partial charge on any atom is -0.480 e. The lowest BCUT2D eigenvalue weighted by Gasteiger charge is -2.30. The van der Waals surface area contributed by atoms with E-state index in [1.54, 1.807) is 0 Å². The van der Waals surface area contributed by atoms with Crippen molar-refractivity contribution in [3.05, 3.63) is 11.6 Å². The van der Waals surface area contributed by atoms with Gasteiger partial charge in [0, 0.05) is 0 Å². The zero-order chi connectivity index (χ0) is 11.4. The Bertz CT molecular complexity index is 260. The molecule has 3 nitrogen and oxygen atoms in total. The molecule has 0 bridgehead atoms. The quantitative estimate of drug-likeness (QED) is 0.700. The largest absolute Gasteiger partial charge is 0.480 e. The van der Waals surface area contributed by atoms with E-state index in [0.29, 0.717) is 12.5 Å². The van der Waals surface area contributed by atoms with Gasteiger partial charge >= 0.3 is 5.97 Å². The van der Waals surface area contributed by atoms with Gasteiger partial charge in [-0.1, -0.05) is 25.5 Å². The monoisotopic (exact) mass is 211 g/mol. The van der Waals surface area contributed by atoms with Crippen molar-refractivity contribution < 1.29 is 9.90 Å². The number of hydrogen-bond donors (Lipinski definition) is 2. The van der Waals surface area contributed by atoms with Gasteiger partial charge in [0.2, 0.25) is 0 Å². The fourth-order valence-electron chi connectivity index (χ4n) is 2.53. The molecular weight excluding hydrogens is 190 g/mol. The summed E-state index contributed by atoms with van der Waals surface area (Å²) in [5.74, 6) is 0.0236. The van der Waals surface area contributed by atoms with Gasteiger partial charge in [0.1, 0.15) is 6.04 Å². The van der Waals surface area contributed by atoms with Gasteiger partial charge in [-0.2, -0.15) is 0 Å². The topological polar surface area (TPSA) is 49.3 Å². The molecule has 0 heterocycles. The minimum atomic E-state index is -0.719. The van der Waals surface area contributed by atoms with Crippen LogP contribution in [0.1, 0.15) is 33.6 Å². The molecule has 0 fully saturated rings. The van der Waals surface area contributed by atoms with Crippen molar-refractivity contribution in [2.75, 3.05) is 6.54 Å². The van der Waals surface area contributed by atoms with E-state index in [4.69, 9.17) is 5.11 Å². The highest BCUT2D eigenvalue weighted by molar-refractivity contribution is 5.74. The van der Waals surface area contributed by atoms with Crippen LogP contribution in [0.25, 0.3) is 0 Å². The van der Waals surface area contributed by atoms with Gasteiger partial charge in [-0.25, -0.2) is 0 Å². The van der Waals surface area contributed by atoms with Crippen LogP contribution < -0.4 is 5.32 Å². The Labute approximate surface area is 91.6 Å². The predicted octanol–water partition coefficient (Wildman–Crippen LogP) is 2.04. The molecule has 0 radical (unpaired) electrons. The van der Waals surface area contributed by atoms with Crippen LogP contribution in [-0.4, -0.2) is 23.7 Å². The standard InChI is InChI=1S/C12H21NO2/c1-4-13-11(12(14)15)10-6-8(2)5-9(3)7-10/h5,8,10-11,13H,4,6-7H2,1-3H3,(H,14,15). The molecule has 0 aliphatic heterocycles. The van der Waals surface area contributed by atoms with Gasteiger partial charge in [0.05, 0.1) is 0 Å². The molecule has 0 aromatic rings. The van der Waals surface area contributed by atoms with Crippen molar-refractivity contribution in [2.45, 2.75) is 39.7 Å². The van der Waals surface area contributed by atoms with E-state index < -0.39 is 5.97 Å². The van der Waals surface area contributed by atoms with E-state index in [-0.39, 0.29) is 12.0 Å². The summed E-state index contributed by atoms with van der Waals surface area (Å²) in [4.78, 5) is 11.1. The number of carboxylic acid groups (broad SMARTS) is 1. The number of nitrogens with one attached hydrogen (secondary N) is 1. The van der Waals surface area contributed by atoms with Crippen molar-refractivity contribution in [1.82, 2.24) is 5.32 Å². The fraction of sp³-hybridized carbons (Fsp3) is 0.750. The normalized spacial score (nSPS) is 28.3. The van der Waals surface area contributed by atoms with Crippen LogP contribution in [0, 0.1) is 11.8 Å². The van der Waals surface area contributed by atoms with E-state index in [9.17, 15) is 4.79 Å². The van der Waals surface area contributed by atoms with Crippen LogP contribution in [-0.2, 0) is 4.79 Å². The number of carbonyl (C=O) groups is 1. The van der Waals surface area contributed by atoms with E-state index in [0.717, 1.165) is 12.8 Å².